The standard InChI is InChI=1S/C14H18Cl2N2O2/c1-4-5-9(2)17-18-14(19)10(3)20-13-7-6-11(15)8-12(13)16/h6-8,10H,4-5H2,1-3H3,(H,18,19). The fraction of sp³-hybridized carbons (Fsp3) is 0.429. The minimum Gasteiger partial charge on any atom is -0.479 e. The maximum atomic E-state index is 11.8. The van der Waals surface area contributed by atoms with Crippen molar-refractivity contribution in [2.45, 2.75) is 39.7 Å². The first-order chi connectivity index (χ1) is 9.43. The second-order valence-corrected chi connectivity index (χ2v) is 5.25. The summed E-state index contributed by atoms with van der Waals surface area (Å²) in [6.45, 7) is 5.55. The lowest BCUT2D eigenvalue weighted by molar-refractivity contribution is -0.127. The molecule has 0 saturated heterocycles. The lowest BCUT2D eigenvalue weighted by Gasteiger charge is -2.14. The van der Waals surface area contributed by atoms with Gasteiger partial charge in [-0.15, -0.1) is 0 Å². The summed E-state index contributed by atoms with van der Waals surface area (Å²) in [7, 11) is 0. The van der Waals surface area contributed by atoms with Gasteiger partial charge in [0.05, 0.1) is 5.02 Å². The van der Waals surface area contributed by atoms with E-state index in [9.17, 15) is 4.79 Å². The SMILES string of the molecule is CCCC(C)=NNC(=O)C(C)Oc1ccc(Cl)cc1Cl. The smallest absolute Gasteiger partial charge is 0.280 e. The van der Waals surface area contributed by atoms with Gasteiger partial charge in [0.25, 0.3) is 5.91 Å². The molecule has 0 aliphatic heterocycles. The molecule has 1 unspecified atom stereocenters. The average Bonchev–Trinajstić information content (AvgIpc) is 2.39. The molecule has 1 rings (SSSR count). The fourth-order valence-electron chi connectivity index (χ4n) is 1.47. The van der Waals surface area contributed by atoms with Gasteiger partial charge in [-0.05, 0) is 38.5 Å². The number of rotatable bonds is 6. The van der Waals surface area contributed by atoms with Crippen LogP contribution in [0.4, 0.5) is 0 Å². The number of nitrogens with zero attached hydrogens (tertiary/aromatic N) is 1. The lowest BCUT2D eigenvalue weighted by Crippen LogP contribution is -2.33. The highest BCUT2D eigenvalue weighted by Gasteiger charge is 2.15. The van der Waals surface area contributed by atoms with Crippen LogP contribution in [-0.4, -0.2) is 17.7 Å². The maximum Gasteiger partial charge on any atom is 0.280 e. The van der Waals surface area contributed by atoms with Crippen LogP contribution >= 0.6 is 23.2 Å². The van der Waals surface area contributed by atoms with Crippen molar-refractivity contribution in [1.82, 2.24) is 5.43 Å². The number of halogens is 2. The molecule has 1 aromatic carbocycles. The summed E-state index contributed by atoms with van der Waals surface area (Å²) in [5.41, 5.74) is 3.35. The summed E-state index contributed by atoms with van der Waals surface area (Å²) in [6.07, 6.45) is 1.13. The monoisotopic (exact) mass is 316 g/mol. The Morgan fingerprint density at radius 3 is 2.75 bits per heavy atom. The van der Waals surface area contributed by atoms with E-state index in [4.69, 9.17) is 27.9 Å². The first-order valence-electron chi connectivity index (χ1n) is 6.38. The van der Waals surface area contributed by atoms with Crippen LogP contribution < -0.4 is 10.2 Å². The molecule has 6 heteroatoms. The van der Waals surface area contributed by atoms with Crippen LogP contribution in [0.1, 0.15) is 33.6 Å². The highest BCUT2D eigenvalue weighted by Crippen LogP contribution is 2.28. The molecule has 4 nitrogen and oxygen atoms in total. The number of hydrogen-bond donors (Lipinski definition) is 1. The second kappa shape index (κ2) is 8.12. The van der Waals surface area contributed by atoms with Gasteiger partial charge in [-0.25, -0.2) is 5.43 Å². The largest absolute Gasteiger partial charge is 0.479 e. The molecule has 0 aromatic heterocycles. The summed E-state index contributed by atoms with van der Waals surface area (Å²) < 4.78 is 5.48. The molecular formula is C14H18Cl2N2O2. The van der Waals surface area contributed by atoms with Crippen molar-refractivity contribution in [2.24, 2.45) is 5.10 Å². The normalized spacial score (nSPS) is 12.9. The number of benzene rings is 1. The van der Waals surface area contributed by atoms with Crippen LogP contribution in [-0.2, 0) is 4.79 Å². The molecule has 0 saturated carbocycles. The topological polar surface area (TPSA) is 50.7 Å². The van der Waals surface area contributed by atoms with Crippen molar-refractivity contribution < 1.29 is 9.53 Å². The molecule has 1 aromatic rings. The van der Waals surface area contributed by atoms with Gasteiger partial charge in [-0.3, -0.25) is 4.79 Å². The number of hydrazone groups is 1. The number of amides is 1. The molecular weight excluding hydrogens is 299 g/mol. The minimum atomic E-state index is -0.702. The van der Waals surface area contributed by atoms with Crippen molar-refractivity contribution in [3.05, 3.63) is 28.2 Å². The number of hydrogen-bond acceptors (Lipinski definition) is 3. The average molecular weight is 317 g/mol. The minimum absolute atomic E-state index is 0.327. The highest BCUT2D eigenvalue weighted by atomic mass is 35.5. The van der Waals surface area contributed by atoms with E-state index in [-0.39, 0.29) is 5.91 Å². The zero-order chi connectivity index (χ0) is 15.1. The Morgan fingerprint density at radius 2 is 2.15 bits per heavy atom. The Kier molecular flexibility index (Phi) is 6.82. The van der Waals surface area contributed by atoms with Crippen LogP contribution in [0.5, 0.6) is 5.75 Å². The van der Waals surface area contributed by atoms with E-state index in [1.807, 2.05) is 6.92 Å². The zero-order valence-corrected chi connectivity index (χ0v) is 13.3. The van der Waals surface area contributed by atoms with Gasteiger partial charge in [0, 0.05) is 10.7 Å². The van der Waals surface area contributed by atoms with Gasteiger partial charge in [0.15, 0.2) is 6.10 Å². The third-order valence-electron chi connectivity index (χ3n) is 2.54. The summed E-state index contributed by atoms with van der Waals surface area (Å²) in [4.78, 5) is 11.8. The molecule has 0 heterocycles. The predicted octanol–water partition coefficient (Wildman–Crippen LogP) is 4.05. The Bertz CT molecular complexity index is 504. The Labute approximate surface area is 129 Å². The summed E-state index contributed by atoms with van der Waals surface area (Å²) >= 11 is 11.8. The molecule has 1 atom stereocenters. The first kappa shape index (κ1) is 16.8. The van der Waals surface area contributed by atoms with Crippen molar-refractivity contribution >= 4 is 34.8 Å². The van der Waals surface area contributed by atoms with Crippen molar-refractivity contribution in [3.8, 4) is 5.75 Å². The van der Waals surface area contributed by atoms with E-state index in [0.717, 1.165) is 18.6 Å². The molecule has 110 valence electrons. The van der Waals surface area contributed by atoms with Crippen LogP contribution in [0, 0.1) is 0 Å². The van der Waals surface area contributed by atoms with Crippen LogP contribution in [0.2, 0.25) is 10.0 Å². The van der Waals surface area contributed by atoms with E-state index >= 15 is 0 Å². The van der Waals surface area contributed by atoms with Gasteiger partial charge in [-0.1, -0.05) is 36.5 Å². The molecule has 0 bridgehead atoms. The van der Waals surface area contributed by atoms with E-state index < -0.39 is 6.10 Å². The van der Waals surface area contributed by atoms with E-state index in [2.05, 4.69) is 17.5 Å². The summed E-state index contributed by atoms with van der Waals surface area (Å²) in [5.74, 6) is 0.0828. The second-order valence-electron chi connectivity index (χ2n) is 4.41. The molecule has 0 fully saturated rings. The molecule has 0 radical (unpaired) electrons. The third kappa shape index (κ3) is 5.39. The van der Waals surface area contributed by atoms with Gasteiger partial charge in [0.2, 0.25) is 0 Å². The molecule has 1 N–H and O–H groups in total. The summed E-state index contributed by atoms with van der Waals surface area (Å²) in [5, 5.41) is 4.87. The molecule has 0 aliphatic rings. The Hall–Kier alpha value is -1.26. The number of carbonyl (C=O) groups is 1. The number of ether oxygens (including phenoxy) is 1. The zero-order valence-electron chi connectivity index (χ0n) is 11.7. The van der Waals surface area contributed by atoms with Crippen molar-refractivity contribution in [3.63, 3.8) is 0 Å². The Balaban J connectivity index is 2.59. The van der Waals surface area contributed by atoms with Crippen LogP contribution in [0.3, 0.4) is 0 Å². The van der Waals surface area contributed by atoms with Gasteiger partial charge >= 0.3 is 0 Å². The van der Waals surface area contributed by atoms with E-state index in [1.54, 1.807) is 25.1 Å². The number of carbonyl (C=O) groups excluding carboxylic acids is 1. The van der Waals surface area contributed by atoms with Gasteiger partial charge in [0.1, 0.15) is 5.75 Å². The van der Waals surface area contributed by atoms with E-state index in [0.29, 0.717) is 15.8 Å². The predicted molar refractivity (Wildman–Crippen MR) is 82.7 cm³/mol. The lowest BCUT2D eigenvalue weighted by atomic mass is 10.2. The summed E-state index contributed by atoms with van der Waals surface area (Å²) in [6, 6.07) is 4.84. The van der Waals surface area contributed by atoms with Crippen molar-refractivity contribution in [1.29, 1.82) is 0 Å². The number of nitrogens with one attached hydrogen (secondary N) is 1. The van der Waals surface area contributed by atoms with E-state index in [1.165, 1.54) is 0 Å². The van der Waals surface area contributed by atoms with Crippen LogP contribution in [0.25, 0.3) is 0 Å². The maximum absolute atomic E-state index is 11.8. The third-order valence-corrected chi connectivity index (χ3v) is 3.07. The quantitative estimate of drug-likeness (QED) is 0.635. The van der Waals surface area contributed by atoms with Gasteiger partial charge in [-0.2, -0.15) is 5.10 Å². The highest BCUT2D eigenvalue weighted by molar-refractivity contribution is 6.35. The molecule has 20 heavy (non-hydrogen) atoms. The van der Waals surface area contributed by atoms with Crippen molar-refractivity contribution in [2.75, 3.05) is 0 Å². The van der Waals surface area contributed by atoms with Crippen LogP contribution in [0.15, 0.2) is 23.3 Å². The molecule has 0 spiro atoms. The molecule has 1 amide bonds. The molecule has 0 aliphatic carbocycles. The van der Waals surface area contributed by atoms with Gasteiger partial charge < -0.3 is 4.74 Å². The Morgan fingerprint density at radius 1 is 1.45 bits per heavy atom. The fourth-order valence-corrected chi connectivity index (χ4v) is 1.93. The first-order valence-corrected chi connectivity index (χ1v) is 7.14.